The van der Waals surface area contributed by atoms with Crippen LogP contribution in [-0.4, -0.2) is 37.2 Å². The summed E-state index contributed by atoms with van der Waals surface area (Å²) in [6.07, 6.45) is -4.73. The first kappa shape index (κ1) is 25.0. The molecule has 0 saturated heterocycles. The Labute approximate surface area is 178 Å². The third kappa shape index (κ3) is 6.87. The summed E-state index contributed by atoms with van der Waals surface area (Å²) in [4.78, 5) is 11.7. The Bertz CT molecular complexity index is 1020. The number of nitrogens with one attached hydrogen (secondary N) is 1. The minimum atomic E-state index is -4.73. The summed E-state index contributed by atoms with van der Waals surface area (Å²) in [6, 6.07) is 8.08. The number of sulfonamides is 1. The highest BCUT2D eigenvalue weighted by Gasteiger charge is 2.34. The third-order valence-corrected chi connectivity index (χ3v) is 6.55. The SMILES string of the molecule is CCN(CC(=O)Nc1ccccc1C(F)(F)F)S(=O)(=O)c1ccc(SC(F)(F)F)cc1. The number of thioether (sulfide) groups is 1. The molecule has 0 radical (unpaired) electrons. The molecule has 5 nitrogen and oxygen atoms in total. The van der Waals surface area contributed by atoms with Crippen LogP contribution in [0.1, 0.15) is 12.5 Å². The summed E-state index contributed by atoms with van der Waals surface area (Å²) >= 11 is -0.415. The van der Waals surface area contributed by atoms with Crippen LogP contribution in [-0.2, 0) is 21.0 Å². The van der Waals surface area contributed by atoms with E-state index in [2.05, 4.69) is 0 Å². The Morgan fingerprint density at radius 2 is 1.58 bits per heavy atom. The molecule has 2 aromatic rings. The van der Waals surface area contributed by atoms with E-state index in [0.29, 0.717) is 4.31 Å². The van der Waals surface area contributed by atoms with Gasteiger partial charge in [0.05, 0.1) is 22.7 Å². The second-order valence-corrected chi connectivity index (χ2v) is 9.12. The highest BCUT2D eigenvalue weighted by molar-refractivity contribution is 8.00. The number of carbonyl (C=O) groups is 1. The van der Waals surface area contributed by atoms with Gasteiger partial charge in [0, 0.05) is 11.4 Å². The Morgan fingerprint density at radius 3 is 2.10 bits per heavy atom. The maximum absolute atomic E-state index is 13.0. The molecule has 1 amide bonds. The van der Waals surface area contributed by atoms with Gasteiger partial charge >= 0.3 is 11.7 Å². The van der Waals surface area contributed by atoms with E-state index >= 15 is 0 Å². The first-order valence-electron chi connectivity index (χ1n) is 8.56. The fourth-order valence-electron chi connectivity index (χ4n) is 2.52. The number of hydrogen-bond acceptors (Lipinski definition) is 4. The molecule has 0 bridgehead atoms. The van der Waals surface area contributed by atoms with Gasteiger partial charge < -0.3 is 5.32 Å². The van der Waals surface area contributed by atoms with Crippen LogP contribution < -0.4 is 5.32 Å². The van der Waals surface area contributed by atoms with E-state index in [0.717, 1.165) is 42.5 Å². The van der Waals surface area contributed by atoms with E-state index in [4.69, 9.17) is 0 Å². The summed E-state index contributed by atoms with van der Waals surface area (Å²) < 4.78 is 102. The third-order valence-electron chi connectivity index (χ3n) is 3.87. The van der Waals surface area contributed by atoms with Gasteiger partial charge in [-0.25, -0.2) is 8.42 Å². The number of para-hydroxylation sites is 1. The zero-order chi connectivity index (χ0) is 23.4. The lowest BCUT2D eigenvalue weighted by atomic mass is 10.1. The number of nitrogens with zero attached hydrogens (tertiary/aromatic N) is 1. The molecule has 170 valence electrons. The fourth-order valence-corrected chi connectivity index (χ4v) is 4.46. The van der Waals surface area contributed by atoms with Gasteiger partial charge in [-0.05, 0) is 48.2 Å². The predicted molar refractivity (Wildman–Crippen MR) is 103 cm³/mol. The van der Waals surface area contributed by atoms with Crippen molar-refractivity contribution >= 4 is 33.4 Å². The van der Waals surface area contributed by atoms with Crippen LogP contribution in [0.15, 0.2) is 58.3 Å². The van der Waals surface area contributed by atoms with Gasteiger partial charge in [-0.1, -0.05) is 19.1 Å². The summed E-state index contributed by atoms with van der Waals surface area (Å²) in [5, 5.41) is 2.05. The van der Waals surface area contributed by atoms with Crippen molar-refractivity contribution in [3.63, 3.8) is 0 Å². The number of carbonyl (C=O) groups excluding carboxylic acids is 1. The number of likely N-dealkylation sites (N-methyl/N-ethyl adjacent to an activating group) is 1. The normalized spacial score (nSPS) is 12.8. The molecular weight excluding hydrogens is 470 g/mol. The lowest BCUT2D eigenvalue weighted by Crippen LogP contribution is -2.38. The van der Waals surface area contributed by atoms with Gasteiger partial charge in [0.2, 0.25) is 15.9 Å². The fraction of sp³-hybridized carbons (Fsp3) is 0.278. The van der Waals surface area contributed by atoms with E-state index < -0.39 is 57.2 Å². The molecule has 0 aliphatic carbocycles. The molecule has 13 heteroatoms. The van der Waals surface area contributed by atoms with Crippen LogP contribution in [0.2, 0.25) is 0 Å². The molecule has 0 aromatic heterocycles. The Kier molecular flexibility index (Phi) is 7.66. The molecular formula is C18H16F6N2O3S2. The van der Waals surface area contributed by atoms with Crippen molar-refractivity contribution in [2.45, 2.75) is 28.4 Å². The van der Waals surface area contributed by atoms with Crippen LogP contribution in [0.25, 0.3) is 0 Å². The maximum atomic E-state index is 13.0. The zero-order valence-corrected chi connectivity index (χ0v) is 17.4. The minimum absolute atomic E-state index is 0.199. The number of amides is 1. The predicted octanol–water partition coefficient (Wildman–Crippen LogP) is 4.97. The van der Waals surface area contributed by atoms with Crippen molar-refractivity contribution in [1.29, 1.82) is 0 Å². The largest absolute Gasteiger partial charge is 0.446 e. The van der Waals surface area contributed by atoms with Crippen molar-refractivity contribution in [3.05, 3.63) is 54.1 Å². The van der Waals surface area contributed by atoms with Gasteiger partial charge in [-0.2, -0.15) is 30.6 Å². The number of rotatable bonds is 7. The number of anilines is 1. The molecule has 1 N–H and O–H groups in total. The molecule has 0 aliphatic rings. The smallest absolute Gasteiger partial charge is 0.324 e. The summed E-state index contributed by atoms with van der Waals surface area (Å²) in [5.74, 6) is -1.01. The highest BCUT2D eigenvalue weighted by atomic mass is 32.2. The van der Waals surface area contributed by atoms with E-state index in [9.17, 15) is 39.6 Å². The van der Waals surface area contributed by atoms with Crippen LogP contribution in [0.4, 0.5) is 32.0 Å². The quantitative estimate of drug-likeness (QED) is 0.444. The molecule has 2 aromatic carbocycles. The Balaban J connectivity index is 2.18. The van der Waals surface area contributed by atoms with Crippen molar-refractivity contribution in [2.75, 3.05) is 18.4 Å². The molecule has 0 unspecified atom stereocenters. The first-order valence-corrected chi connectivity index (χ1v) is 10.8. The highest BCUT2D eigenvalue weighted by Crippen LogP contribution is 2.37. The molecule has 0 fully saturated rings. The number of alkyl halides is 6. The molecule has 0 saturated carbocycles. The van der Waals surface area contributed by atoms with E-state index in [1.54, 1.807) is 0 Å². The van der Waals surface area contributed by atoms with Crippen LogP contribution in [0.5, 0.6) is 0 Å². The van der Waals surface area contributed by atoms with E-state index in [-0.39, 0.29) is 16.3 Å². The molecule has 2 rings (SSSR count). The van der Waals surface area contributed by atoms with Crippen molar-refractivity contribution in [2.24, 2.45) is 0 Å². The first-order chi connectivity index (χ1) is 14.2. The van der Waals surface area contributed by atoms with Gasteiger partial charge in [-0.15, -0.1) is 0 Å². The molecule has 0 heterocycles. The number of hydrogen-bond donors (Lipinski definition) is 1. The number of halogens is 6. The van der Waals surface area contributed by atoms with Gasteiger partial charge in [0.25, 0.3) is 0 Å². The second kappa shape index (κ2) is 9.49. The van der Waals surface area contributed by atoms with Gasteiger partial charge in [0.1, 0.15) is 0 Å². The minimum Gasteiger partial charge on any atom is -0.324 e. The summed E-state index contributed by atoms with van der Waals surface area (Å²) in [5.41, 5.74) is -6.16. The van der Waals surface area contributed by atoms with Crippen molar-refractivity contribution in [3.8, 4) is 0 Å². The second-order valence-electron chi connectivity index (χ2n) is 6.04. The lowest BCUT2D eigenvalue weighted by Gasteiger charge is -2.21. The average molecular weight is 486 g/mol. The van der Waals surface area contributed by atoms with Crippen molar-refractivity contribution < 1.29 is 39.6 Å². The Hall–Kier alpha value is -2.25. The number of benzene rings is 2. The van der Waals surface area contributed by atoms with Crippen molar-refractivity contribution in [1.82, 2.24) is 4.31 Å². The Morgan fingerprint density at radius 1 is 1.00 bits per heavy atom. The monoisotopic (exact) mass is 486 g/mol. The average Bonchev–Trinajstić information content (AvgIpc) is 2.64. The maximum Gasteiger partial charge on any atom is 0.446 e. The molecule has 0 spiro atoms. The molecule has 0 atom stereocenters. The van der Waals surface area contributed by atoms with Crippen LogP contribution in [0.3, 0.4) is 0 Å². The summed E-state index contributed by atoms with van der Waals surface area (Å²) in [6.45, 7) is 0.419. The topological polar surface area (TPSA) is 66.5 Å². The van der Waals surface area contributed by atoms with Crippen LogP contribution >= 0.6 is 11.8 Å². The van der Waals surface area contributed by atoms with Gasteiger partial charge in [-0.3, -0.25) is 4.79 Å². The molecule has 31 heavy (non-hydrogen) atoms. The van der Waals surface area contributed by atoms with E-state index in [1.807, 2.05) is 5.32 Å². The summed E-state index contributed by atoms with van der Waals surface area (Å²) in [7, 11) is -4.28. The van der Waals surface area contributed by atoms with Crippen LogP contribution in [0, 0.1) is 0 Å². The standard InChI is InChI=1S/C18H16F6N2O3S2/c1-2-26(11-16(27)25-15-6-4-3-5-14(15)17(19,20)21)31(28,29)13-9-7-12(8-10-13)30-18(22,23)24/h3-10H,2,11H2,1H3,(H,25,27). The lowest BCUT2D eigenvalue weighted by molar-refractivity contribution is -0.137. The van der Waals surface area contributed by atoms with E-state index in [1.165, 1.54) is 13.0 Å². The molecule has 0 aliphatic heterocycles. The van der Waals surface area contributed by atoms with Gasteiger partial charge in [0.15, 0.2) is 0 Å². The zero-order valence-electron chi connectivity index (χ0n) is 15.8.